The van der Waals surface area contributed by atoms with Gasteiger partial charge < -0.3 is 4.90 Å². The highest BCUT2D eigenvalue weighted by molar-refractivity contribution is 5.48. The molecule has 0 aromatic carbocycles. The van der Waals surface area contributed by atoms with E-state index in [1.807, 2.05) is 6.07 Å². The van der Waals surface area contributed by atoms with Crippen LogP contribution in [-0.4, -0.2) is 63.8 Å². The summed E-state index contributed by atoms with van der Waals surface area (Å²) < 4.78 is 18.9. The highest BCUT2D eigenvalue weighted by Gasteiger charge is 2.37. The molecule has 1 saturated heterocycles. The molecule has 37 heavy (non-hydrogen) atoms. The maximum Gasteiger partial charge on any atom is 0.352 e. The minimum atomic E-state index is -0.442. The van der Waals surface area contributed by atoms with Crippen LogP contribution < -0.4 is 10.6 Å². The molecule has 12 heteroatoms. The summed E-state index contributed by atoms with van der Waals surface area (Å²) in [5.41, 5.74) is 2.43. The fourth-order valence-corrected chi connectivity index (χ4v) is 5.29. The first-order valence-corrected chi connectivity index (χ1v) is 12.6. The molecule has 0 amide bonds. The number of anilines is 1. The zero-order chi connectivity index (χ0) is 26.4. The molecule has 11 nitrogen and oxygen atoms in total. The molecule has 0 radical (unpaired) electrons. The van der Waals surface area contributed by atoms with Gasteiger partial charge in [0, 0.05) is 38.3 Å². The van der Waals surface area contributed by atoms with Crippen LogP contribution in [0.2, 0.25) is 0 Å². The molecule has 0 N–H and O–H groups in total. The van der Waals surface area contributed by atoms with E-state index < -0.39 is 5.95 Å². The van der Waals surface area contributed by atoms with Crippen LogP contribution >= 0.6 is 0 Å². The average Bonchev–Trinajstić information content (AvgIpc) is 3.45. The molecular weight excluding hydrogens is 475 g/mol. The second kappa shape index (κ2) is 9.55. The van der Waals surface area contributed by atoms with Crippen molar-refractivity contribution in [3.63, 3.8) is 0 Å². The largest absolute Gasteiger partial charge is 0.352 e. The zero-order valence-electron chi connectivity index (χ0n) is 21.8. The third-order valence-electron chi connectivity index (χ3n) is 7.48. The molecule has 0 saturated carbocycles. The van der Waals surface area contributed by atoms with Crippen LogP contribution in [0.4, 0.5) is 10.3 Å². The normalized spacial score (nSPS) is 19.5. The number of halogens is 1. The molecule has 0 aliphatic carbocycles. The Balaban J connectivity index is 1.51. The molecule has 3 atom stereocenters. The molecule has 1 aliphatic rings. The van der Waals surface area contributed by atoms with Gasteiger partial charge in [-0.2, -0.15) is 33.9 Å². The van der Waals surface area contributed by atoms with Gasteiger partial charge in [0.1, 0.15) is 5.65 Å². The molecule has 1 fully saturated rings. The van der Waals surface area contributed by atoms with Crippen LogP contribution in [0.1, 0.15) is 56.7 Å². The molecule has 0 unspecified atom stereocenters. The van der Waals surface area contributed by atoms with Gasteiger partial charge in [0.05, 0.1) is 35.6 Å². The number of aromatic nitrogens is 7. The van der Waals surface area contributed by atoms with Crippen LogP contribution in [0.25, 0.3) is 11.3 Å². The van der Waals surface area contributed by atoms with Crippen molar-refractivity contribution in [3.05, 3.63) is 51.7 Å². The Morgan fingerprint density at radius 3 is 2.59 bits per heavy atom. The van der Waals surface area contributed by atoms with E-state index in [2.05, 4.69) is 56.8 Å². The lowest BCUT2D eigenvalue weighted by molar-refractivity contribution is 0.0972. The summed E-state index contributed by atoms with van der Waals surface area (Å²) in [6.07, 6.45) is 1.85. The van der Waals surface area contributed by atoms with E-state index in [0.29, 0.717) is 41.7 Å². The third kappa shape index (κ3) is 4.13. The van der Waals surface area contributed by atoms with Crippen LogP contribution in [0.3, 0.4) is 0 Å². The van der Waals surface area contributed by atoms with Crippen molar-refractivity contribution in [1.82, 2.24) is 38.7 Å². The molecule has 5 heterocycles. The van der Waals surface area contributed by atoms with Crippen LogP contribution in [0.5, 0.6) is 0 Å². The molecular formula is C25H31FN10O. The first-order valence-electron chi connectivity index (χ1n) is 12.6. The molecule has 0 bridgehead atoms. The highest BCUT2D eigenvalue weighted by atomic mass is 19.1. The van der Waals surface area contributed by atoms with Crippen molar-refractivity contribution >= 4 is 17.2 Å². The maximum absolute atomic E-state index is 14.5. The van der Waals surface area contributed by atoms with Gasteiger partial charge in [-0.25, -0.2) is 9.78 Å². The molecule has 4 aromatic rings. The molecule has 194 valence electrons. The van der Waals surface area contributed by atoms with E-state index in [1.165, 1.54) is 9.08 Å². The van der Waals surface area contributed by atoms with Crippen molar-refractivity contribution in [1.29, 1.82) is 5.26 Å². The Hall–Kier alpha value is -3.85. The minimum absolute atomic E-state index is 0.0591. The number of hydrogen-bond donors (Lipinski definition) is 0. The monoisotopic (exact) mass is 506 g/mol. The standard InChI is InChI=1S/C25H31FN10O/c1-6-18-14-34(24-29-25(37)32(5)22-12-17(10-11-27)30-36(22)24)19(7-2)13-33(18)16(4)20-8-9-21-28-15(3)23(26)35(21)31-20/h8-9,12,16,18-19H,6-7,10,13-14H2,1-5H3/t16-,18-,19+/m1/s1. The van der Waals surface area contributed by atoms with E-state index >= 15 is 0 Å². The summed E-state index contributed by atoms with van der Waals surface area (Å²) in [6.45, 7) is 9.34. The van der Waals surface area contributed by atoms with Crippen molar-refractivity contribution in [2.75, 3.05) is 18.0 Å². The smallest absolute Gasteiger partial charge is 0.335 e. The van der Waals surface area contributed by atoms with E-state index in [9.17, 15) is 9.18 Å². The van der Waals surface area contributed by atoms with Crippen molar-refractivity contribution in [2.24, 2.45) is 7.05 Å². The van der Waals surface area contributed by atoms with Gasteiger partial charge in [0.15, 0.2) is 5.65 Å². The predicted molar refractivity (Wildman–Crippen MR) is 136 cm³/mol. The van der Waals surface area contributed by atoms with Crippen LogP contribution in [-0.2, 0) is 13.5 Å². The molecule has 1 aliphatic heterocycles. The fraction of sp³-hybridized carbons (Fsp3) is 0.520. The Bertz CT molecular complexity index is 1560. The lowest BCUT2D eigenvalue weighted by Crippen LogP contribution is -2.59. The Morgan fingerprint density at radius 2 is 1.89 bits per heavy atom. The van der Waals surface area contributed by atoms with Crippen molar-refractivity contribution in [3.8, 4) is 6.07 Å². The number of nitriles is 1. The number of hydrogen-bond acceptors (Lipinski definition) is 8. The molecule has 5 rings (SSSR count). The number of piperazine rings is 1. The summed E-state index contributed by atoms with van der Waals surface area (Å²) in [6, 6.07) is 7.76. The number of rotatable bonds is 6. The summed E-state index contributed by atoms with van der Waals surface area (Å²) in [7, 11) is 1.66. The topological polar surface area (TPSA) is 113 Å². The average molecular weight is 507 g/mol. The van der Waals surface area contributed by atoms with Gasteiger partial charge in [-0.3, -0.25) is 9.47 Å². The summed E-state index contributed by atoms with van der Waals surface area (Å²) in [5.74, 6) is 0.0542. The van der Waals surface area contributed by atoms with Gasteiger partial charge in [0.2, 0.25) is 11.9 Å². The summed E-state index contributed by atoms with van der Waals surface area (Å²) in [4.78, 5) is 26.0. The Labute approximate surface area is 213 Å². The number of imidazole rings is 1. The predicted octanol–water partition coefficient (Wildman–Crippen LogP) is 2.42. The highest BCUT2D eigenvalue weighted by Crippen LogP contribution is 2.31. The maximum atomic E-state index is 14.5. The molecule has 0 spiro atoms. The fourth-order valence-electron chi connectivity index (χ4n) is 5.29. The van der Waals surface area contributed by atoms with E-state index in [-0.39, 0.29) is 30.2 Å². The van der Waals surface area contributed by atoms with E-state index in [0.717, 1.165) is 18.5 Å². The Kier molecular flexibility index (Phi) is 6.41. The number of aryl methyl sites for hydroxylation is 2. The second-order valence-electron chi connectivity index (χ2n) is 9.66. The summed E-state index contributed by atoms with van der Waals surface area (Å²) >= 11 is 0. The van der Waals surface area contributed by atoms with Gasteiger partial charge in [-0.05, 0) is 38.8 Å². The third-order valence-corrected chi connectivity index (χ3v) is 7.48. The van der Waals surface area contributed by atoms with Gasteiger partial charge >= 0.3 is 5.69 Å². The first kappa shape index (κ1) is 24.8. The lowest BCUT2D eigenvalue weighted by Gasteiger charge is -2.48. The van der Waals surface area contributed by atoms with Crippen LogP contribution in [0.15, 0.2) is 23.0 Å². The van der Waals surface area contributed by atoms with Gasteiger partial charge in [-0.15, -0.1) is 0 Å². The van der Waals surface area contributed by atoms with E-state index in [1.54, 1.807) is 30.6 Å². The van der Waals surface area contributed by atoms with Crippen LogP contribution in [0, 0.1) is 24.2 Å². The quantitative estimate of drug-likeness (QED) is 0.392. The summed E-state index contributed by atoms with van der Waals surface area (Å²) in [5, 5.41) is 18.3. The lowest BCUT2D eigenvalue weighted by atomic mass is 9.99. The number of nitrogens with zero attached hydrogens (tertiary/aromatic N) is 10. The Morgan fingerprint density at radius 1 is 1.14 bits per heavy atom. The SMILES string of the molecule is CC[C@H]1CN([C@H](C)c2ccc3nc(C)c(F)n3n2)[C@H](CC)CN1c1nc(=O)n(C)c2cc(CC#N)nn12. The van der Waals surface area contributed by atoms with Gasteiger partial charge in [-0.1, -0.05) is 13.8 Å². The van der Waals surface area contributed by atoms with Crippen molar-refractivity contribution in [2.45, 2.75) is 65.1 Å². The minimum Gasteiger partial charge on any atom is -0.335 e. The van der Waals surface area contributed by atoms with E-state index in [4.69, 9.17) is 5.26 Å². The van der Waals surface area contributed by atoms with Gasteiger partial charge in [0.25, 0.3) is 0 Å². The first-order chi connectivity index (χ1) is 17.8. The number of fused-ring (bicyclic) bond motifs is 2. The molecule has 4 aromatic heterocycles. The van der Waals surface area contributed by atoms with Crippen molar-refractivity contribution < 1.29 is 4.39 Å². The second-order valence-corrected chi connectivity index (χ2v) is 9.66. The zero-order valence-corrected chi connectivity index (χ0v) is 21.8.